The zero-order valence-electron chi connectivity index (χ0n) is 15.9. The Morgan fingerprint density at radius 1 is 0.786 bits per heavy atom. The molecular weight excluding hydrogens is 354 g/mol. The number of carbonyl (C=O) groups excluding carboxylic acids is 2. The van der Waals surface area contributed by atoms with Crippen molar-refractivity contribution in [2.24, 2.45) is 0 Å². The van der Waals surface area contributed by atoms with E-state index in [4.69, 9.17) is 0 Å². The van der Waals surface area contributed by atoms with Gasteiger partial charge in [0.2, 0.25) is 11.9 Å². The van der Waals surface area contributed by atoms with Crippen molar-refractivity contribution in [1.29, 1.82) is 0 Å². The lowest BCUT2D eigenvalue weighted by Crippen LogP contribution is -2.15. The minimum absolute atomic E-state index is 0.151. The molecule has 0 atom stereocenters. The number of aryl methyl sites for hydroxylation is 2. The van der Waals surface area contributed by atoms with Crippen molar-refractivity contribution in [2.75, 3.05) is 16.0 Å². The third kappa shape index (κ3) is 5.14. The second-order valence-corrected chi connectivity index (χ2v) is 6.42. The molecule has 3 aromatic rings. The van der Waals surface area contributed by atoms with E-state index in [9.17, 15) is 9.59 Å². The number of anilines is 4. The van der Waals surface area contributed by atoms with Gasteiger partial charge in [0.15, 0.2) is 0 Å². The van der Waals surface area contributed by atoms with E-state index in [1.54, 1.807) is 37.3 Å². The summed E-state index contributed by atoms with van der Waals surface area (Å²) in [4.78, 5) is 32.3. The fourth-order valence-electron chi connectivity index (χ4n) is 2.54. The van der Waals surface area contributed by atoms with E-state index in [1.165, 1.54) is 6.92 Å². The number of hydrogen-bond acceptors (Lipinski definition) is 5. The van der Waals surface area contributed by atoms with Crippen LogP contribution in [0.5, 0.6) is 0 Å². The Labute approximate surface area is 163 Å². The molecular formula is C21H21N5O2. The number of benzene rings is 2. The van der Waals surface area contributed by atoms with Gasteiger partial charge >= 0.3 is 0 Å². The summed E-state index contributed by atoms with van der Waals surface area (Å²) in [5.74, 6) is -0.137. The van der Waals surface area contributed by atoms with Crippen LogP contribution in [0, 0.1) is 13.8 Å². The van der Waals surface area contributed by atoms with E-state index < -0.39 is 0 Å². The molecule has 2 amide bonds. The Balaban J connectivity index is 1.73. The minimum Gasteiger partial charge on any atom is -0.326 e. The van der Waals surface area contributed by atoms with Crippen LogP contribution in [0.3, 0.4) is 0 Å². The predicted octanol–water partition coefficient (Wildman–Crippen LogP) is 4.05. The van der Waals surface area contributed by atoms with Gasteiger partial charge in [0.1, 0.15) is 5.69 Å². The summed E-state index contributed by atoms with van der Waals surface area (Å²) >= 11 is 0. The first-order chi connectivity index (χ1) is 13.4. The number of nitrogens with zero attached hydrogens (tertiary/aromatic N) is 2. The van der Waals surface area contributed by atoms with Crippen LogP contribution in [0.15, 0.2) is 54.6 Å². The van der Waals surface area contributed by atoms with Crippen molar-refractivity contribution in [3.05, 3.63) is 71.5 Å². The maximum atomic E-state index is 12.6. The molecule has 0 aliphatic heterocycles. The van der Waals surface area contributed by atoms with Gasteiger partial charge in [-0.15, -0.1) is 0 Å². The van der Waals surface area contributed by atoms with Gasteiger partial charge < -0.3 is 16.0 Å². The number of carbonyl (C=O) groups is 2. The topological polar surface area (TPSA) is 96.0 Å². The van der Waals surface area contributed by atoms with Gasteiger partial charge in [-0.25, -0.2) is 9.97 Å². The van der Waals surface area contributed by atoms with Crippen LogP contribution < -0.4 is 16.0 Å². The lowest BCUT2D eigenvalue weighted by Gasteiger charge is -2.10. The molecule has 0 unspecified atom stereocenters. The van der Waals surface area contributed by atoms with Crippen molar-refractivity contribution in [3.63, 3.8) is 0 Å². The molecule has 0 fully saturated rings. The average molecular weight is 375 g/mol. The molecule has 1 heterocycles. The van der Waals surface area contributed by atoms with Gasteiger partial charge in [0, 0.05) is 29.7 Å². The largest absolute Gasteiger partial charge is 0.326 e. The first-order valence-electron chi connectivity index (χ1n) is 8.77. The average Bonchev–Trinajstić information content (AvgIpc) is 2.64. The highest BCUT2D eigenvalue weighted by atomic mass is 16.2. The highest BCUT2D eigenvalue weighted by Crippen LogP contribution is 2.17. The Bertz CT molecular complexity index is 998. The molecule has 7 nitrogen and oxygen atoms in total. The van der Waals surface area contributed by atoms with E-state index in [-0.39, 0.29) is 17.5 Å². The Morgan fingerprint density at radius 3 is 1.96 bits per heavy atom. The smallest absolute Gasteiger partial charge is 0.274 e. The van der Waals surface area contributed by atoms with Crippen LogP contribution in [-0.4, -0.2) is 21.8 Å². The third-order valence-electron chi connectivity index (χ3n) is 3.86. The molecule has 0 saturated heterocycles. The Morgan fingerprint density at radius 2 is 1.36 bits per heavy atom. The van der Waals surface area contributed by atoms with E-state index >= 15 is 0 Å². The summed E-state index contributed by atoms with van der Waals surface area (Å²) in [6, 6.07) is 16.3. The summed E-state index contributed by atoms with van der Waals surface area (Å²) in [6.07, 6.45) is 0. The molecule has 0 radical (unpaired) electrons. The fourth-order valence-corrected chi connectivity index (χ4v) is 2.54. The zero-order valence-corrected chi connectivity index (χ0v) is 15.9. The maximum absolute atomic E-state index is 12.6. The first kappa shape index (κ1) is 19.0. The molecule has 28 heavy (non-hydrogen) atoms. The molecule has 1 aromatic heterocycles. The zero-order chi connectivity index (χ0) is 20.1. The number of aromatic nitrogens is 2. The summed E-state index contributed by atoms with van der Waals surface area (Å²) in [5, 5.41) is 8.59. The fraction of sp³-hybridized carbons (Fsp3) is 0.143. The maximum Gasteiger partial charge on any atom is 0.274 e. The number of rotatable bonds is 5. The molecule has 2 aromatic carbocycles. The Hall–Kier alpha value is -3.74. The SMILES string of the molecule is CC(=O)Nc1ccc(NC(=O)c2cc(C)nc(Nc3ccc(C)cc3)n2)cc1. The van der Waals surface area contributed by atoms with Crippen LogP contribution >= 0.6 is 0 Å². The lowest BCUT2D eigenvalue weighted by atomic mass is 10.2. The molecule has 0 bridgehead atoms. The van der Waals surface area contributed by atoms with E-state index in [0.717, 1.165) is 11.3 Å². The highest BCUT2D eigenvalue weighted by molar-refractivity contribution is 6.03. The second kappa shape index (κ2) is 8.30. The monoisotopic (exact) mass is 375 g/mol. The van der Waals surface area contributed by atoms with Gasteiger partial charge in [0.25, 0.3) is 5.91 Å². The minimum atomic E-state index is -0.343. The van der Waals surface area contributed by atoms with Crippen LogP contribution in [0.4, 0.5) is 23.0 Å². The number of nitrogens with one attached hydrogen (secondary N) is 3. The molecule has 142 valence electrons. The van der Waals surface area contributed by atoms with Gasteiger partial charge in [-0.05, 0) is 56.3 Å². The highest BCUT2D eigenvalue weighted by Gasteiger charge is 2.11. The van der Waals surface area contributed by atoms with Gasteiger partial charge in [0.05, 0.1) is 0 Å². The van der Waals surface area contributed by atoms with E-state index in [0.29, 0.717) is 23.0 Å². The van der Waals surface area contributed by atoms with Crippen LogP contribution in [0.2, 0.25) is 0 Å². The molecule has 7 heteroatoms. The standard InChI is InChI=1S/C21H21N5O2/c1-13-4-6-18(7-5-13)25-21-22-14(2)12-19(26-21)20(28)24-17-10-8-16(9-11-17)23-15(3)27/h4-12H,1-3H3,(H,23,27)(H,24,28)(H,22,25,26). The van der Waals surface area contributed by atoms with Crippen molar-refractivity contribution < 1.29 is 9.59 Å². The van der Waals surface area contributed by atoms with E-state index in [1.807, 2.05) is 31.2 Å². The van der Waals surface area contributed by atoms with Crippen LogP contribution in [0.25, 0.3) is 0 Å². The molecule has 0 aliphatic rings. The molecule has 3 rings (SSSR count). The van der Waals surface area contributed by atoms with Crippen molar-refractivity contribution in [2.45, 2.75) is 20.8 Å². The predicted molar refractivity (Wildman–Crippen MR) is 110 cm³/mol. The normalized spacial score (nSPS) is 10.2. The van der Waals surface area contributed by atoms with Gasteiger partial charge in [-0.3, -0.25) is 9.59 Å². The van der Waals surface area contributed by atoms with Gasteiger partial charge in [-0.2, -0.15) is 0 Å². The molecule has 0 aliphatic carbocycles. The third-order valence-corrected chi connectivity index (χ3v) is 3.86. The van der Waals surface area contributed by atoms with E-state index in [2.05, 4.69) is 25.9 Å². The Kier molecular flexibility index (Phi) is 5.64. The lowest BCUT2D eigenvalue weighted by molar-refractivity contribution is -0.114. The van der Waals surface area contributed by atoms with Crippen molar-refractivity contribution in [1.82, 2.24) is 9.97 Å². The van der Waals surface area contributed by atoms with Crippen molar-refractivity contribution in [3.8, 4) is 0 Å². The quantitative estimate of drug-likeness (QED) is 0.625. The summed E-state index contributed by atoms with van der Waals surface area (Å²) in [6.45, 7) is 5.26. The number of hydrogen-bond donors (Lipinski definition) is 3. The molecule has 0 saturated carbocycles. The molecule has 3 N–H and O–H groups in total. The van der Waals surface area contributed by atoms with Gasteiger partial charge in [-0.1, -0.05) is 17.7 Å². The van der Waals surface area contributed by atoms with Crippen LogP contribution in [-0.2, 0) is 4.79 Å². The molecule has 0 spiro atoms. The first-order valence-corrected chi connectivity index (χ1v) is 8.77. The second-order valence-electron chi connectivity index (χ2n) is 6.42. The van der Waals surface area contributed by atoms with Crippen LogP contribution in [0.1, 0.15) is 28.7 Å². The van der Waals surface area contributed by atoms with Crippen molar-refractivity contribution >= 4 is 34.8 Å². The number of amides is 2. The summed E-state index contributed by atoms with van der Waals surface area (Å²) < 4.78 is 0. The summed E-state index contributed by atoms with van der Waals surface area (Å²) in [5.41, 5.74) is 4.19. The summed E-state index contributed by atoms with van der Waals surface area (Å²) in [7, 11) is 0.